The molecule has 0 saturated carbocycles. The van der Waals surface area contributed by atoms with Gasteiger partial charge in [-0.05, 0) is 29.2 Å². The van der Waals surface area contributed by atoms with E-state index in [1.54, 1.807) is 23.1 Å². The van der Waals surface area contributed by atoms with Crippen LogP contribution in [-0.4, -0.2) is 42.5 Å². The largest absolute Gasteiger partial charge is 0.391 e. The van der Waals surface area contributed by atoms with Crippen molar-refractivity contribution in [3.63, 3.8) is 0 Å². The molecule has 1 saturated heterocycles. The fourth-order valence-corrected chi connectivity index (χ4v) is 4.93. The van der Waals surface area contributed by atoms with Crippen LogP contribution in [0.4, 0.5) is 0 Å². The standard InChI is InChI=1S/C13H18N2O2S2.ClH/c16-10-7-14-5-8(10)6-15-13(17)12-9-1-3-18-11(9)2-4-19-12;/h1,3,8,10,12,14,16H,2,4-7H2,(H,15,17);1H. The Morgan fingerprint density at radius 3 is 3.10 bits per heavy atom. The predicted octanol–water partition coefficient (Wildman–Crippen LogP) is 1.20. The van der Waals surface area contributed by atoms with E-state index in [-0.39, 0.29) is 35.6 Å². The summed E-state index contributed by atoms with van der Waals surface area (Å²) in [5.74, 6) is 1.24. The van der Waals surface area contributed by atoms with Gasteiger partial charge < -0.3 is 15.7 Å². The zero-order valence-electron chi connectivity index (χ0n) is 11.0. The van der Waals surface area contributed by atoms with Gasteiger partial charge in [-0.2, -0.15) is 0 Å². The summed E-state index contributed by atoms with van der Waals surface area (Å²) in [5.41, 5.74) is 1.18. The smallest absolute Gasteiger partial charge is 0.237 e. The molecule has 2 aliphatic heterocycles. The summed E-state index contributed by atoms with van der Waals surface area (Å²) in [5, 5.41) is 17.9. The SMILES string of the molecule is Cl.O=C(NCC1CNCC1O)C1SCCc2sccc21. The Morgan fingerprint density at radius 2 is 2.35 bits per heavy atom. The average molecular weight is 335 g/mol. The predicted molar refractivity (Wildman–Crippen MR) is 85.8 cm³/mol. The van der Waals surface area contributed by atoms with E-state index in [0.717, 1.165) is 18.7 Å². The first-order valence-electron chi connectivity index (χ1n) is 6.60. The summed E-state index contributed by atoms with van der Waals surface area (Å²) in [6, 6.07) is 2.07. The van der Waals surface area contributed by atoms with Crippen molar-refractivity contribution in [3.05, 3.63) is 21.9 Å². The molecule has 0 spiro atoms. The first kappa shape index (κ1) is 16.1. The summed E-state index contributed by atoms with van der Waals surface area (Å²) >= 11 is 3.47. The maximum atomic E-state index is 12.3. The molecule has 1 amide bonds. The summed E-state index contributed by atoms with van der Waals surface area (Å²) in [6.45, 7) is 1.97. The molecule has 1 aromatic rings. The van der Waals surface area contributed by atoms with Gasteiger partial charge in [-0.3, -0.25) is 4.79 Å². The number of aliphatic hydroxyl groups excluding tert-OH is 1. The molecular weight excluding hydrogens is 316 g/mol. The third-order valence-electron chi connectivity index (χ3n) is 3.76. The average Bonchev–Trinajstić information content (AvgIpc) is 3.04. The lowest BCUT2D eigenvalue weighted by atomic mass is 10.1. The topological polar surface area (TPSA) is 61.4 Å². The molecule has 3 atom stereocenters. The normalized spacial score (nSPS) is 28.6. The van der Waals surface area contributed by atoms with Crippen molar-refractivity contribution in [1.29, 1.82) is 0 Å². The number of thiophene rings is 1. The molecule has 1 aromatic heterocycles. The van der Waals surface area contributed by atoms with Gasteiger partial charge in [0.2, 0.25) is 5.91 Å². The second-order valence-electron chi connectivity index (χ2n) is 5.03. The number of hydrogen-bond acceptors (Lipinski definition) is 5. The van der Waals surface area contributed by atoms with Crippen LogP contribution in [0.2, 0.25) is 0 Å². The highest BCUT2D eigenvalue weighted by Crippen LogP contribution is 2.39. The number of aryl methyl sites for hydroxylation is 1. The maximum Gasteiger partial charge on any atom is 0.237 e. The summed E-state index contributed by atoms with van der Waals surface area (Å²) in [4.78, 5) is 13.6. The van der Waals surface area contributed by atoms with Crippen molar-refractivity contribution in [3.8, 4) is 0 Å². The van der Waals surface area contributed by atoms with Crippen LogP contribution < -0.4 is 10.6 Å². The molecule has 4 nitrogen and oxygen atoms in total. The quantitative estimate of drug-likeness (QED) is 0.777. The van der Waals surface area contributed by atoms with Crippen molar-refractivity contribution in [1.82, 2.24) is 10.6 Å². The van der Waals surface area contributed by atoms with Crippen LogP contribution in [0.15, 0.2) is 11.4 Å². The van der Waals surface area contributed by atoms with Crippen LogP contribution in [0, 0.1) is 5.92 Å². The molecule has 3 N–H and O–H groups in total. The number of rotatable bonds is 3. The van der Waals surface area contributed by atoms with Gasteiger partial charge in [0.25, 0.3) is 0 Å². The number of thioether (sulfide) groups is 1. The summed E-state index contributed by atoms with van der Waals surface area (Å²) in [6.07, 6.45) is 0.739. The Balaban J connectivity index is 0.00000147. The lowest BCUT2D eigenvalue weighted by Gasteiger charge is -2.22. The van der Waals surface area contributed by atoms with E-state index < -0.39 is 0 Å². The van der Waals surface area contributed by atoms with E-state index >= 15 is 0 Å². The molecule has 3 heterocycles. The van der Waals surface area contributed by atoms with Crippen molar-refractivity contribution in [2.24, 2.45) is 5.92 Å². The molecule has 2 aliphatic rings. The van der Waals surface area contributed by atoms with Crippen molar-refractivity contribution < 1.29 is 9.90 Å². The number of β-amino-alcohol motifs (C(OH)–C–C–N with tert-alkyl or cyclic N) is 1. The third-order valence-corrected chi connectivity index (χ3v) is 5.99. The number of amides is 1. The molecular formula is C13H19ClN2O2S2. The first-order chi connectivity index (χ1) is 9.25. The molecule has 20 heavy (non-hydrogen) atoms. The van der Waals surface area contributed by atoms with Gasteiger partial charge in [0.05, 0.1) is 6.10 Å². The molecule has 3 unspecified atom stereocenters. The first-order valence-corrected chi connectivity index (χ1v) is 8.53. The lowest BCUT2D eigenvalue weighted by molar-refractivity contribution is -0.120. The summed E-state index contributed by atoms with van der Waals surface area (Å²) < 4.78 is 0. The number of hydrogen-bond donors (Lipinski definition) is 3. The van der Waals surface area contributed by atoms with Crippen LogP contribution in [0.25, 0.3) is 0 Å². The highest BCUT2D eigenvalue weighted by Gasteiger charge is 2.30. The van der Waals surface area contributed by atoms with Gasteiger partial charge in [0.15, 0.2) is 0 Å². The fourth-order valence-electron chi connectivity index (χ4n) is 2.62. The second kappa shape index (κ2) is 7.13. The van der Waals surface area contributed by atoms with Crippen LogP contribution in [0.1, 0.15) is 15.7 Å². The van der Waals surface area contributed by atoms with Crippen LogP contribution in [-0.2, 0) is 11.2 Å². The van der Waals surface area contributed by atoms with Gasteiger partial charge >= 0.3 is 0 Å². The molecule has 0 bridgehead atoms. The zero-order valence-corrected chi connectivity index (χ0v) is 13.5. The third kappa shape index (κ3) is 3.31. The lowest BCUT2D eigenvalue weighted by Crippen LogP contribution is -2.37. The van der Waals surface area contributed by atoms with Crippen molar-refractivity contribution in [2.75, 3.05) is 25.4 Å². The minimum absolute atomic E-state index is 0. The Morgan fingerprint density at radius 1 is 1.50 bits per heavy atom. The van der Waals surface area contributed by atoms with E-state index in [9.17, 15) is 9.90 Å². The highest BCUT2D eigenvalue weighted by atomic mass is 35.5. The molecule has 3 rings (SSSR count). The Bertz CT molecular complexity index is 469. The number of carbonyl (C=O) groups excluding carboxylic acids is 1. The van der Waals surface area contributed by atoms with Gasteiger partial charge in [-0.25, -0.2) is 0 Å². The van der Waals surface area contributed by atoms with Crippen LogP contribution >= 0.6 is 35.5 Å². The van der Waals surface area contributed by atoms with Crippen molar-refractivity contribution in [2.45, 2.75) is 17.8 Å². The van der Waals surface area contributed by atoms with Gasteiger partial charge in [-0.1, -0.05) is 0 Å². The zero-order chi connectivity index (χ0) is 13.2. The number of carbonyl (C=O) groups is 1. The van der Waals surface area contributed by atoms with E-state index in [4.69, 9.17) is 0 Å². The number of fused-ring (bicyclic) bond motifs is 1. The molecule has 1 fully saturated rings. The van der Waals surface area contributed by atoms with Gasteiger partial charge in [0.1, 0.15) is 5.25 Å². The van der Waals surface area contributed by atoms with Crippen molar-refractivity contribution >= 4 is 41.4 Å². The van der Waals surface area contributed by atoms with E-state index in [2.05, 4.69) is 22.1 Å². The van der Waals surface area contributed by atoms with Crippen LogP contribution in [0.5, 0.6) is 0 Å². The Labute approximate surface area is 133 Å². The Hall–Kier alpha value is -0.270. The number of nitrogens with one attached hydrogen (secondary N) is 2. The van der Waals surface area contributed by atoms with E-state index in [1.807, 2.05) is 0 Å². The minimum Gasteiger partial charge on any atom is -0.391 e. The van der Waals surface area contributed by atoms with Gasteiger partial charge in [-0.15, -0.1) is 35.5 Å². The van der Waals surface area contributed by atoms with Gasteiger partial charge in [0, 0.05) is 30.4 Å². The molecule has 0 aromatic carbocycles. The minimum atomic E-state index is -0.337. The van der Waals surface area contributed by atoms with E-state index in [0.29, 0.717) is 13.1 Å². The second-order valence-corrected chi connectivity index (χ2v) is 7.24. The molecule has 112 valence electrons. The highest BCUT2D eigenvalue weighted by molar-refractivity contribution is 8.00. The molecule has 0 aliphatic carbocycles. The maximum absolute atomic E-state index is 12.3. The molecule has 0 radical (unpaired) electrons. The van der Waals surface area contributed by atoms with E-state index in [1.165, 1.54) is 10.4 Å². The summed E-state index contributed by atoms with van der Waals surface area (Å²) in [7, 11) is 0. The molecule has 7 heteroatoms. The van der Waals surface area contributed by atoms with Crippen LogP contribution in [0.3, 0.4) is 0 Å². The number of halogens is 1. The monoisotopic (exact) mass is 334 g/mol. The number of aliphatic hydroxyl groups is 1. The Kier molecular flexibility index (Phi) is 5.74. The fraction of sp³-hybridized carbons (Fsp3) is 0.615.